The standard InChI is InChI=1S/C60H72N2Si4/c1-13-63(14-2,15-3)41-37-49-45-29-25-27-31-47(45)53(39-43-65(19-7,20-8)21-9)57-51(49)33-35-55-59(57)61-56-36-34-52-50(38-42-64(16-4,17-5)18-6)46-30-26-28-32-48(46)54(58(52)60(56)62-55)40-44-66(22-10,23-11)24-12/h25-36H,13-24H2,1-12H3. The van der Waals surface area contributed by atoms with Crippen molar-refractivity contribution in [3.05, 3.63) is 95.1 Å². The second kappa shape index (κ2) is 20.5. The highest BCUT2D eigenvalue weighted by atomic mass is 28.3. The largest absolute Gasteiger partial charge is 0.244 e. The first-order chi connectivity index (χ1) is 32.0. The number of hydrogen-bond acceptors (Lipinski definition) is 2. The van der Waals surface area contributed by atoms with Crippen molar-refractivity contribution >= 4 is 97.5 Å². The van der Waals surface area contributed by atoms with Crippen molar-refractivity contribution in [3.8, 4) is 45.9 Å². The fourth-order valence-electron chi connectivity index (χ4n) is 10.5. The summed E-state index contributed by atoms with van der Waals surface area (Å²) in [5.74, 6) is 15.6. The van der Waals surface area contributed by atoms with Crippen molar-refractivity contribution < 1.29 is 0 Å². The normalized spacial score (nSPS) is 12.2. The van der Waals surface area contributed by atoms with Crippen LogP contribution in [0, 0.1) is 45.9 Å². The maximum atomic E-state index is 5.73. The molecule has 0 saturated heterocycles. The maximum absolute atomic E-state index is 5.73. The highest BCUT2D eigenvalue weighted by molar-refractivity contribution is 6.88. The molecule has 338 valence electrons. The summed E-state index contributed by atoms with van der Waals surface area (Å²) in [7, 11) is -7.16. The van der Waals surface area contributed by atoms with Gasteiger partial charge in [-0.3, -0.25) is 0 Å². The van der Waals surface area contributed by atoms with Crippen LogP contribution in [-0.2, 0) is 0 Å². The van der Waals surface area contributed by atoms with Crippen molar-refractivity contribution in [3.63, 3.8) is 0 Å². The van der Waals surface area contributed by atoms with Gasteiger partial charge in [0.2, 0.25) is 0 Å². The van der Waals surface area contributed by atoms with Gasteiger partial charge in [-0.1, -0.05) is 167 Å². The van der Waals surface area contributed by atoms with Crippen LogP contribution in [0.1, 0.15) is 105 Å². The molecule has 1 aromatic heterocycles. The summed E-state index contributed by atoms with van der Waals surface area (Å²) in [6.45, 7) is 28.1. The van der Waals surface area contributed by atoms with E-state index in [-0.39, 0.29) is 0 Å². The second-order valence-electron chi connectivity index (χ2n) is 18.9. The zero-order valence-corrected chi connectivity index (χ0v) is 46.3. The highest BCUT2D eigenvalue weighted by Crippen LogP contribution is 2.40. The predicted octanol–water partition coefficient (Wildman–Crippen LogP) is 17.0. The van der Waals surface area contributed by atoms with Gasteiger partial charge in [0.25, 0.3) is 0 Å². The average Bonchev–Trinajstić information content (AvgIpc) is 3.38. The number of fused-ring (bicyclic) bond motifs is 8. The van der Waals surface area contributed by atoms with Gasteiger partial charge in [0.1, 0.15) is 32.3 Å². The van der Waals surface area contributed by atoms with Crippen LogP contribution in [-0.4, -0.2) is 42.3 Å². The first kappa shape index (κ1) is 49.0. The lowest BCUT2D eigenvalue weighted by Crippen LogP contribution is -2.29. The molecule has 0 spiro atoms. The highest BCUT2D eigenvalue weighted by Gasteiger charge is 2.29. The molecule has 0 aliphatic heterocycles. The number of rotatable bonds is 12. The molecule has 7 aromatic rings. The lowest BCUT2D eigenvalue weighted by Gasteiger charge is -2.21. The van der Waals surface area contributed by atoms with Crippen molar-refractivity contribution in [2.75, 3.05) is 0 Å². The van der Waals surface area contributed by atoms with Crippen molar-refractivity contribution in [1.29, 1.82) is 0 Å². The topological polar surface area (TPSA) is 25.8 Å². The minimum absolute atomic E-state index is 0.873. The summed E-state index contributed by atoms with van der Waals surface area (Å²) in [5.41, 5.74) is 23.8. The van der Waals surface area contributed by atoms with Gasteiger partial charge in [-0.05, 0) is 106 Å². The fourth-order valence-corrected chi connectivity index (χ4v) is 20.2. The van der Waals surface area contributed by atoms with Crippen molar-refractivity contribution in [2.45, 2.75) is 156 Å². The van der Waals surface area contributed by atoms with E-state index in [1.54, 1.807) is 0 Å². The van der Waals surface area contributed by atoms with E-state index < -0.39 is 32.3 Å². The van der Waals surface area contributed by atoms with Gasteiger partial charge >= 0.3 is 0 Å². The van der Waals surface area contributed by atoms with Crippen LogP contribution in [0.3, 0.4) is 0 Å². The van der Waals surface area contributed by atoms with Crippen LogP contribution >= 0.6 is 0 Å². The van der Waals surface area contributed by atoms with Crippen LogP contribution < -0.4 is 0 Å². The van der Waals surface area contributed by atoms with E-state index in [2.05, 4.69) is 202 Å². The van der Waals surface area contributed by atoms with E-state index in [0.29, 0.717) is 0 Å². The molecule has 0 radical (unpaired) electrons. The van der Waals surface area contributed by atoms with Gasteiger partial charge in [0, 0.05) is 43.8 Å². The third-order valence-electron chi connectivity index (χ3n) is 16.7. The lowest BCUT2D eigenvalue weighted by molar-refractivity contribution is 1.20. The van der Waals surface area contributed by atoms with Crippen molar-refractivity contribution in [2.24, 2.45) is 0 Å². The third-order valence-corrected chi connectivity index (χ3v) is 35.5. The Labute approximate surface area is 401 Å². The molecule has 66 heavy (non-hydrogen) atoms. The smallest absolute Gasteiger partial charge is 0.138 e. The Balaban J connectivity index is 1.70. The summed E-state index contributed by atoms with van der Waals surface area (Å²) in [6, 6.07) is 40.5. The van der Waals surface area contributed by atoms with E-state index in [0.717, 1.165) is 149 Å². The van der Waals surface area contributed by atoms with E-state index in [4.69, 9.17) is 9.97 Å². The van der Waals surface area contributed by atoms with Crippen LogP contribution in [0.5, 0.6) is 0 Å². The van der Waals surface area contributed by atoms with Crippen LogP contribution in [0.4, 0.5) is 0 Å². The molecular formula is C60H72N2Si4. The molecular weight excluding hydrogens is 861 g/mol. The summed E-state index contributed by atoms with van der Waals surface area (Å²) in [6.07, 6.45) is 0. The third kappa shape index (κ3) is 8.73. The van der Waals surface area contributed by atoms with E-state index >= 15 is 0 Å². The van der Waals surface area contributed by atoms with Crippen LogP contribution in [0.15, 0.2) is 72.8 Å². The Hall–Kier alpha value is -4.93. The van der Waals surface area contributed by atoms with Crippen LogP contribution in [0.2, 0.25) is 72.5 Å². The monoisotopic (exact) mass is 932 g/mol. The van der Waals surface area contributed by atoms with Gasteiger partial charge in [-0.15, -0.1) is 22.2 Å². The Kier molecular flexibility index (Phi) is 15.2. The number of aromatic nitrogens is 2. The number of nitrogens with zero attached hydrogens (tertiary/aromatic N) is 2. The van der Waals surface area contributed by atoms with Gasteiger partial charge in [0.15, 0.2) is 0 Å². The molecule has 1 heterocycles. The quantitative estimate of drug-likeness (QED) is 0.0528. The molecule has 7 rings (SSSR count). The Morgan fingerprint density at radius 2 is 0.545 bits per heavy atom. The van der Waals surface area contributed by atoms with Gasteiger partial charge in [0.05, 0.1) is 22.1 Å². The van der Waals surface area contributed by atoms with E-state index in [1.165, 1.54) is 10.8 Å². The molecule has 0 fully saturated rings. The number of hydrogen-bond donors (Lipinski definition) is 0. The molecule has 0 saturated carbocycles. The minimum Gasteiger partial charge on any atom is -0.244 e. The molecule has 6 heteroatoms. The minimum atomic E-state index is -1.81. The molecule has 2 nitrogen and oxygen atoms in total. The summed E-state index contributed by atoms with van der Waals surface area (Å²) < 4.78 is 0. The lowest BCUT2D eigenvalue weighted by atomic mass is 9.90. The summed E-state index contributed by atoms with van der Waals surface area (Å²) >= 11 is 0. The van der Waals surface area contributed by atoms with Crippen LogP contribution in [0.25, 0.3) is 65.2 Å². The fraction of sp³-hybridized carbons (Fsp3) is 0.400. The van der Waals surface area contributed by atoms with E-state index in [1.807, 2.05) is 0 Å². The predicted molar refractivity (Wildman–Crippen MR) is 303 cm³/mol. The van der Waals surface area contributed by atoms with Crippen molar-refractivity contribution in [1.82, 2.24) is 9.97 Å². The Bertz CT molecular complexity index is 2980. The first-order valence-electron chi connectivity index (χ1n) is 25.6. The summed E-state index contributed by atoms with van der Waals surface area (Å²) in [4.78, 5) is 11.5. The SMILES string of the molecule is CC[Si](C#Cc1c2ccccc2c(C#C[Si](CC)(CC)CC)c2c1ccc1nc3c(ccc4c(C#C[Si](CC)(CC)CC)c5ccccc5c(C#C[Si](CC)(CC)CC)c43)nc12)(CC)CC. The first-order valence-corrected chi connectivity index (χ1v) is 36.1. The molecule has 0 bridgehead atoms. The van der Waals surface area contributed by atoms with Gasteiger partial charge in [-0.25, -0.2) is 9.97 Å². The molecule has 0 unspecified atom stereocenters. The number of benzene rings is 6. The molecule has 0 atom stereocenters. The molecule has 0 aliphatic rings. The molecule has 0 aliphatic carbocycles. The Morgan fingerprint density at radius 1 is 0.303 bits per heavy atom. The molecule has 0 amide bonds. The molecule has 0 N–H and O–H groups in total. The molecule has 6 aromatic carbocycles. The van der Waals surface area contributed by atoms with Gasteiger partial charge < -0.3 is 0 Å². The summed E-state index contributed by atoms with van der Waals surface area (Å²) in [5, 5.41) is 9.09. The van der Waals surface area contributed by atoms with Gasteiger partial charge in [-0.2, -0.15) is 0 Å². The van der Waals surface area contributed by atoms with E-state index in [9.17, 15) is 0 Å². The second-order valence-corrected chi connectivity index (χ2v) is 38.6. The maximum Gasteiger partial charge on any atom is 0.138 e. The Morgan fingerprint density at radius 3 is 0.803 bits per heavy atom. The average molecular weight is 934 g/mol. The zero-order chi connectivity index (χ0) is 47.3. The zero-order valence-electron chi connectivity index (χ0n) is 42.3.